The average Bonchev–Trinajstić information content (AvgIpc) is 3.07. The fourth-order valence-corrected chi connectivity index (χ4v) is 2.80. The largest absolute Gasteiger partial charge is 0.347 e. The van der Waals surface area contributed by atoms with Gasteiger partial charge in [0.1, 0.15) is 18.4 Å². The highest BCUT2D eigenvalue weighted by atomic mass is 16.5. The molecule has 1 aromatic heterocycles. The van der Waals surface area contributed by atoms with Crippen LogP contribution >= 0.6 is 0 Å². The lowest BCUT2D eigenvalue weighted by Gasteiger charge is -2.19. The Kier molecular flexibility index (Phi) is 4.04. The summed E-state index contributed by atoms with van der Waals surface area (Å²) in [5, 5.41) is 8.37. The summed E-state index contributed by atoms with van der Waals surface area (Å²) in [6.07, 6.45) is -0.143. The van der Waals surface area contributed by atoms with Gasteiger partial charge in [-0.05, 0) is 23.3 Å². The van der Waals surface area contributed by atoms with Crippen molar-refractivity contribution < 1.29 is 4.74 Å². The molecule has 0 bridgehead atoms. The summed E-state index contributed by atoms with van der Waals surface area (Å²) in [5.74, 6) is 0. The molecule has 118 valence electrons. The molecule has 0 N–H and O–H groups in total. The van der Waals surface area contributed by atoms with Crippen LogP contribution in [0.4, 0.5) is 0 Å². The number of aromatic nitrogens is 3. The smallest absolute Gasteiger partial charge is 0.143 e. The van der Waals surface area contributed by atoms with Crippen LogP contribution in [0, 0.1) is 0 Å². The third-order valence-electron chi connectivity index (χ3n) is 3.99. The Morgan fingerprint density at radius 3 is 2.00 bits per heavy atom. The summed E-state index contributed by atoms with van der Waals surface area (Å²) in [4.78, 5) is 0. The molecule has 4 rings (SSSR count). The molecule has 0 saturated heterocycles. The quantitative estimate of drug-likeness (QED) is 0.554. The van der Waals surface area contributed by atoms with Crippen LogP contribution < -0.4 is 0 Å². The molecule has 4 heteroatoms. The van der Waals surface area contributed by atoms with Crippen molar-refractivity contribution in [1.29, 1.82) is 0 Å². The van der Waals surface area contributed by atoms with Crippen LogP contribution in [-0.4, -0.2) is 15.0 Å². The second-order valence-electron chi connectivity index (χ2n) is 5.57. The van der Waals surface area contributed by atoms with Crippen molar-refractivity contribution in [3.63, 3.8) is 0 Å². The number of fused-ring (bicyclic) bond motifs is 1. The lowest BCUT2D eigenvalue weighted by Crippen LogP contribution is -2.11. The summed E-state index contributed by atoms with van der Waals surface area (Å²) in [7, 11) is 0. The lowest BCUT2D eigenvalue weighted by molar-refractivity contribution is 0.0238. The number of benzene rings is 3. The van der Waals surface area contributed by atoms with Crippen LogP contribution in [0.25, 0.3) is 11.0 Å². The van der Waals surface area contributed by atoms with E-state index in [9.17, 15) is 0 Å². The third-order valence-corrected chi connectivity index (χ3v) is 3.99. The van der Waals surface area contributed by atoms with Gasteiger partial charge in [0.15, 0.2) is 0 Å². The van der Waals surface area contributed by atoms with Gasteiger partial charge in [0, 0.05) is 0 Å². The van der Waals surface area contributed by atoms with Crippen molar-refractivity contribution in [3.8, 4) is 0 Å². The molecule has 0 saturated carbocycles. The third kappa shape index (κ3) is 2.92. The molecule has 0 unspecified atom stereocenters. The van der Waals surface area contributed by atoms with E-state index in [1.165, 1.54) is 0 Å². The first-order valence-electron chi connectivity index (χ1n) is 7.91. The molecule has 0 fully saturated rings. The van der Waals surface area contributed by atoms with Gasteiger partial charge in [0.2, 0.25) is 0 Å². The molecule has 0 aliphatic heterocycles. The fourth-order valence-electron chi connectivity index (χ4n) is 2.80. The maximum absolute atomic E-state index is 6.23. The van der Waals surface area contributed by atoms with Gasteiger partial charge in [0.05, 0.1) is 5.52 Å². The highest BCUT2D eigenvalue weighted by Crippen LogP contribution is 2.26. The molecule has 0 aliphatic carbocycles. The molecule has 0 aliphatic rings. The minimum atomic E-state index is -0.143. The molecule has 4 nitrogen and oxygen atoms in total. The Labute approximate surface area is 140 Å². The Bertz CT molecular complexity index is 880. The van der Waals surface area contributed by atoms with Gasteiger partial charge in [-0.3, -0.25) is 0 Å². The highest BCUT2D eigenvalue weighted by molar-refractivity contribution is 5.73. The van der Waals surface area contributed by atoms with Gasteiger partial charge in [-0.15, -0.1) is 5.10 Å². The van der Waals surface area contributed by atoms with Crippen molar-refractivity contribution in [3.05, 3.63) is 96.1 Å². The van der Waals surface area contributed by atoms with Gasteiger partial charge in [-0.2, -0.15) is 0 Å². The summed E-state index contributed by atoms with van der Waals surface area (Å²) in [6, 6.07) is 28.3. The van der Waals surface area contributed by atoms with Crippen molar-refractivity contribution in [2.45, 2.75) is 12.8 Å². The number of ether oxygens (including phenoxy) is 1. The van der Waals surface area contributed by atoms with Crippen LogP contribution in [0.1, 0.15) is 17.2 Å². The monoisotopic (exact) mass is 315 g/mol. The number of hydrogen-bond acceptors (Lipinski definition) is 3. The van der Waals surface area contributed by atoms with Crippen LogP contribution in [0.3, 0.4) is 0 Å². The molecule has 0 radical (unpaired) electrons. The number of rotatable bonds is 5. The lowest BCUT2D eigenvalue weighted by atomic mass is 10.0. The van der Waals surface area contributed by atoms with Crippen molar-refractivity contribution in [1.82, 2.24) is 15.0 Å². The second kappa shape index (κ2) is 6.64. The van der Waals surface area contributed by atoms with Crippen molar-refractivity contribution >= 4 is 11.0 Å². The summed E-state index contributed by atoms with van der Waals surface area (Å²) in [5.41, 5.74) is 4.08. The highest BCUT2D eigenvalue weighted by Gasteiger charge is 2.15. The van der Waals surface area contributed by atoms with Crippen LogP contribution in [0.2, 0.25) is 0 Å². The average molecular weight is 315 g/mol. The minimum absolute atomic E-state index is 0.143. The van der Waals surface area contributed by atoms with Gasteiger partial charge in [-0.1, -0.05) is 78.0 Å². The molecule has 3 aromatic carbocycles. The van der Waals surface area contributed by atoms with E-state index in [-0.39, 0.29) is 6.10 Å². The van der Waals surface area contributed by atoms with E-state index in [0.717, 1.165) is 22.2 Å². The molecule has 0 atom stereocenters. The number of hydrogen-bond donors (Lipinski definition) is 0. The second-order valence-corrected chi connectivity index (χ2v) is 5.57. The van der Waals surface area contributed by atoms with Gasteiger partial charge < -0.3 is 4.74 Å². The molecule has 0 spiro atoms. The summed E-state index contributed by atoms with van der Waals surface area (Å²) < 4.78 is 8.01. The standard InChI is InChI=1S/C20H17N3O/c1-3-9-16(10-4-1)20(17-11-5-2-6-12-17)24-15-23-19-14-8-7-13-18(19)21-22-23/h1-14,20H,15H2. The first-order chi connectivity index (χ1) is 11.9. The Hall–Kier alpha value is -2.98. The maximum Gasteiger partial charge on any atom is 0.143 e. The van der Waals surface area contributed by atoms with Crippen molar-refractivity contribution in [2.75, 3.05) is 0 Å². The Morgan fingerprint density at radius 1 is 0.750 bits per heavy atom. The van der Waals surface area contributed by atoms with Crippen LogP contribution in [0.5, 0.6) is 0 Å². The Balaban J connectivity index is 1.63. The van der Waals surface area contributed by atoms with Crippen molar-refractivity contribution in [2.24, 2.45) is 0 Å². The maximum atomic E-state index is 6.23. The predicted molar refractivity (Wildman–Crippen MR) is 93.3 cm³/mol. The Morgan fingerprint density at radius 2 is 1.33 bits per heavy atom. The fraction of sp³-hybridized carbons (Fsp3) is 0.100. The molecular formula is C20H17N3O. The first kappa shape index (κ1) is 14.6. The number of nitrogens with zero attached hydrogens (tertiary/aromatic N) is 3. The molecule has 24 heavy (non-hydrogen) atoms. The van der Waals surface area contributed by atoms with E-state index in [1.807, 2.05) is 60.7 Å². The van der Waals surface area contributed by atoms with Crippen LogP contribution in [0.15, 0.2) is 84.9 Å². The zero-order valence-corrected chi connectivity index (χ0v) is 13.1. The first-order valence-corrected chi connectivity index (χ1v) is 7.91. The van der Waals surface area contributed by atoms with Gasteiger partial charge >= 0.3 is 0 Å². The normalized spacial score (nSPS) is 11.2. The molecule has 4 aromatic rings. The van der Waals surface area contributed by atoms with E-state index < -0.39 is 0 Å². The summed E-state index contributed by atoms with van der Waals surface area (Å²) in [6.45, 7) is 0.342. The van der Waals surface area contributed by atoms with Gasteiger partial charge in [0.25, 0.3) is 0 Å². The predicted octanol–water partition coefficient (Wildman–Crippen LogP) is 4.20. The summed E-state index contributed by atoms with van der Waals surface area (Å²) >= 11 is 0. The molecular weight excluding hydrogens is 298 g/mol. The van der Waals surface area contributed by atoms with Crippen LogP contribution in [-0.2, 0) is 11.5 Å². The minimum Gasteiger partial charge on any atom is -0.347 e. The number of para-hydroxylation sites is 1. The molecule has 1 heterocycles. The van der Waals surface area contributed by atoms with E-state index in [2.05, 4.69) is 34.6 Å². The van der Waals surface area contributed by atoms with Gasteiger partial charge in [-0.25, -0.2) is 4.68 Å². The van der Waals surface area contributed by atoms with E-state index >= 15 is 0 Å². The zero-order valence-electron chi connectivity index (χ0n) is 13.1. The topological polar surface area (TPSA) is 39.9 Å². The SMILES string of the molecule is c1ccc(C(OCn2nnc3ccccc32)c2ccccc2)cc1. The van der Waals surface area contributed by atoms with E-state index in [4.69, 9.17) is 4.74 Å². The van der Waals surface area contributed by atoms with E-state index in [1.54, 1.807) is 4.68 Å². The zero-order chi connectivity index (χ0) is 16.2. The van der Waals surface area contributed by atoms with E-state index in [0.29, 0.717) is 6.73 Å². The molecule has 0 amide bonds.